The monoisotopic (exact) mass is 379 g/mol. The highest BCUT2D eigenvalue weighted by molar-refractivity contribution is 8.00. The number of benzene rings is 1. The van der Waals surface area contributed by atoms with E-state index in [1.165, 1.54) is 11.8 Å². The van der Waals surface area contributed by atoms with E-state index in [-0.39, 0.29) is 17.6 Å². The summed E-state index contributed by atoms with van der Waals surface area (Å²) in [5.41, 5.74) is 1.89. The van der Waals surface area contributed by atoms with Gasteiger partial charge in [-0.1, -0.05) is 12.1 Å². The first-order valence-corrected chi connectivity index (χ1v) is 10.3. The van der Waals surface area contributed by atoms with Crippen LogP contribution in [0.1, 0.15) is 18.4 Å². The van der Waals surface area contributed by atoms with Gasteiger partial charge in [0.05, 0.1) is 24.7 Å². The number of nitrogens with zero attached hydrogens (tertiary/aromatic N) is 1. The highest BCUT2D eigenvalue weighted by Crippen LogP contribution is 2.10. The zero-order chi connectivity index (χ0) is 18.6. The summed E-state index contributed by atoms with van der Waals surface area (Å²) in [6.07, 6.45) is 2.05. The standard InChI is InChI=1S/C19H29N3O3S/c1-16-5-4-6-17(13-16)21-19(24)15-26-14-18(23)20-7-2-3-8-22-9-11-25-12-10-22/h4-6,13H,2-3,7-12,14-15H2,1H3,(H,20,23)(H,21,24). The lowest BCUT2D eigenvalue weighted by molar-refractivity contribution is -0.118. The topological polar surface area (TPSA) is 70.7 Å². The van der Waals surface area contributed by atoms with Crippen LogP contribution in [0, 0.1) is 6.92 Å². The van der Waals surface area contributed by atoms with Crippen molar-refractivity contribution in [2.75, 3.05) is 56.2 Å². The Morgan fingerprint density at radius 2 is 1.92 bits per heavy atom. The average molecular weight is 380 g/mol. The van der Waals surface area contributed by atoms with Crippen LogP contribution in [0.3, 0.4) is 0 Å². The van der Waals surface area contributed by atoms with Gasteiger partial charge in [-0.15, -0.1) is 11.8 Å². The van der Waals surface area contributed by atoms with Crippen molar-refractivity contribution >= 4 is 29.3 Å². The Labute approximate surface area is 160 Å². The van der Waals surface area contributed by atoms with Crippen molar-refractivity contribution in [3.05, 3.63) is 29.8 Å². The van der Waals surface area contributed by atoms with Gasteiger partial charge in [0, 0.05) is 25.3 Å². The van der Waals surface area contributed by atoms with Crippen LogP contribution in [-0.4, -0.2) is 67.6 Å². The fourth-order valence-electron chi connectivity index (χ4n) is 2.72. The van der Waals surface area contributed by atoms with Crippen molar-refractivity contribution in [1.29, 1.82) is 0 Å². The van der Waals surface area contributed by atoms with E-state index in [1.54, 1.807) is 0 Å². The molecule has 0 radical (unpaired) electrons. The summed E-state index contributed by atoms with van der Waals surface area (Å²) in [6, 6.07) is 7.67. The number of amides is 2. The van der Waals surface area contributed by atoms with E-state index >= 15 is 0 Å². The summed E-state index contributed by atoms with van der Waals surface area (Å²) >= 11 is 1.33. The smallest absolute Gasteiger partial charge is 0.234 e. The quantitative estimate of drug-likeness (QED) is 0.608. The maximum atomic E-state index is 11.9. The summed E-state index contributed by atoms with van der Waals surface area (Å²) < 4.78 is 5.32. The molecule has 2 rings (SSSR count). The minimum Gasteiger partial charge on any atom is -0.379 e. The summed E-state index contributed by atoms with van der Waals surface area (Å²) in [7, 11) is 0. The second kappa shape index (κ2) is 11.9. The van der Waals surface area contributed by atoms with E-state index in [9.17, 15) is 9.59 Å². The molecule has 0 saturated carbocycles. The number of aryl methyl sites for hydroxylation is 1. The molecule has 0 aliphatic carbocycles. The molecule has 1 aromatic rings. The van der Waals surface area contributed by atoms with Gasteiger partial charge >= 0.3 is 0 Å². The van der Waals surface area contributed by atoms with Crippen LogP contribution < -0.4 is 10.6 Å². The molecule has 7 heteroatoms. The highest BCUT2D eigenvalue weighted by Gasteiger charge is 2.09. The van der Waals surface area contributed by atoms with Crippen molar-refractivity contribution in [3.8, 4) is 0 Å². The summed E-state index contributed by atoms with van der Waals surface area (Å²) in [5.74, 6) is 0.493. The second-order valence-corrected chi connectivity index (χ2v) is 7.41. The van der Waals surface area contributed by atoms with E-state index in [2.05, 4.69) is 15.5 Å². The number of hydrogen-bond acceptors (Lipinski definition) is 5. The van der Waals surface area contributed by atoms with Crippen molar-refractivity contribution in [3.63, 3.8) is 0 Å². The molecule has 6 nitrogen and oxygen atoms in total. The number of nitrogens with one attached hydrogen (secondary N) is 2. The van der Waals surface area contributed by atoms with Crippen molar-refractivity contribution in [2.24, 2.45) is 0 Å². The molecule has 0 atom stereocenters. The van der Waals surface area contributed by atoms with Gasteiger partial charge in [0.1, 0.15) is 0 Å². The number of unbranched alkanes of at least 4 members (excludes halogenated alkanes) is 1. The van der Waals surface area contributed by atoms with Crippen molar-refractivity contribution < 1.29 is 14.3 Å². The summed E-state index contributed by atoms with van der Waals surface area (Å²) in [5, 5.41) is 5.76. The Morgan fingerprint density at radius 1 is 1.15 bits per heavy atom. The summed E-state index contributed by atoms with van der Waals surface area (Å²) in [4.78, 5) is 26.1. The van der Waals surface area contributed by atoms with E-state index in [4.69, 9.17) is 4.74 Å². The predicted octanol–water partition coefficient (Wildman–Crippen LogP) is 1.90. The first-order valence-electron chi connectivity index (χ1n) is 9.14. The highest BCUT2D eigenvalue weighted by atomic mass is 32.2. The number of anilines is 1. The lowest BCUT2D eigenvalue weighted by atomic mass is 10.2. The van der Waals surface area contributed by atoms with Crippen molar-refractivity contribution in [2.45, 2.75) is 19.8 Å². The lowest BCUT2D eigenvalue weighted by Gasteiger charge is -2.26. The summed E-state index contributed by atoms with van der Waals surface area (Å²) in [6.45, 7) is 7.40. The third kappa shape index (κ3) is 8.69. The predicted molar refractivity (Wildman–Crippen MR) is 107 cm³/mol. The SMILES string of the molecule is Cc1cccc(NC(=O)CSCC(=O)NCCCCN2CCOCC2)c1. The largest absolute Gasteiger partial charge is 0.379 e. The zero-order valence-corrected chi connectivity index (χ0v) is 16.3. The number of thioether (sulfide) groups is 1. The molecule has 0 spiro atoms. The molecular formula is C19H29N3O3S. The number of carbonyl (C=O) groups excluding carboxylic acids is 2. The van der Waals surface area contributed by atoms with Gasteiger partial charge in [-0.3, -0.25) is 14.5 Å². The molecule has 1 heterocycles. The van der Waals surface area contributed by atoms with E-state index in [0.717, 1.165) is 56.9 Å². The minimum atomic E-state index is -0.0843. The molecule has 0 bridgehead atoms. The third-order valence-electron chi connectivity index (χ3n) is 4.10. The Morgan fingerprint density at radius 3 is 2.69 bits per heavy atom. The van der Waals surface area contributed by atoms with Crippen LogP contribution in [-0.2, 0) is 14.3 Å². The number of ether oxygens (including phenoxy) is 1. The van der Waals surface area contributed by atoms with Gasteiger partial charge in [-0.25, -0.2) is 0 Å². The number of morpholine rings is 1. The van der Waals surface area contributed by atoms with Crippen LogP contribution in [0.5, 0.6) is 0 Å². The van der Waals surface area contributed by atoms with Gasteiger partial charge < -0.3 is 15.4 Å². The molecule has 26 heavy (non-hydrogen) atoms. The molecule has 1 aliphatic rings. The first-order chi connectivity index (χ1) is 12.6. The third-order valence-corrected chi connectivity index (χ3v) is 5.03. The van der Waals surface area contributed by atoms with Gasteiger partial charge in [0.25, 0.3) is 0 Å². The van der Waals surface area contributed by atoms with E-state index < -0.39 is 0 Å². The number of carbonyl (C=O) groups is 2. The normalized spacial score (nSPS) is 14.8. The van der Waals surface area contributed by atoms with E-state index in [0.29, 0.717) is 12.3 Å². The number of hydrogen-bond donors (Lipinski definition) is 2. The average Bonchev–Trinajstić information content (AvgIpc) is 2.62. The fraction of sp³-hybridized carbons (Fsp3) is 0.579. The Bertz CT molecular complexity index is 577. The Kier molecular flexibility index (Phi) is 9.52. The molecule has 144 valence electrons. The van der Waals surface area contributed by atoms with Crippen LogP contribution >= 0.6 is 11.8 Å². The van der Waals surface area contributed by atoms with Crippen LogP contribution in [0.2, 0.25) is 0 Å². The van der Waals surface area contributed by atoms with Gasteiger partial charge in [0.15, 0.2) is 0 Å². The van der Waals surface area contributed by atoms with Gasteiger partial charge in [-0.2, -0.15) is 0 Å². The molecule has 2 amide bonds. The maximum absolute atomic E-state index is 11.9. The maximum Gasteiger partial charge on any atom is 0.234 e. The van der Waals surface area contributed by atoms with Crippen LogP contribution in [0.25, 0.3) is 0 Å². The molecule has 0 aromatic heterocycles. The Hall–Kier alpha value is -1.57. The molecular weight excluding hydrogens is 350 g/mol. The van der Waals surface area contributed by atoms with Gasteiger partial charge in [-0.05, 0) is 44.0 Å². The fourth-order valence-corrected chi connectivity index (χ4v) is 3.37. The van der Waals surface area contributed by atoms with Crippen molar-refractivity contribution in [1.82, 2.24) is 10.2 Å². The first kappa shape index (κ1) is 20.7. The molecule has 1 saturated heterocycles. The van der Waals surface area contributed by atoms with Crippen LogP contribution in [0.15, 0.2) is 24.3 Å². The molecule has 0 unspecified atom stereocenters. The van der Waals surface area contributed by atoms with Crippen LogP contribution in [0.4, 0.5) is 5.69 Å². The minimum absolute atomic E-state index is 0.00951. The van der Waals surface area contributed by atoms with E-state index in [1.807, 2.05) is 31.2 Å². The number of rotatable bonds is 10. The van der Waals surface area contributed by atoms with Gasteiger partial charge in [0.2, 0.25) is 11.8 Å². The second-order valence-electron chi connectivity index (χ2n) is 6.42. The molecule has 1 aliphatic heterocycles. The molecule has 1 aromatic carbocycles. The zero-order valence-electron chi connectivity index (χ0n) is 15.5. The molecule has 2 N–H and O–H groups in total. The Balaban J connectivity index is 1.47. The lowest BCUT2D eigenvalue weighted by Crippen LogP contribution is -2.37. The molecule has 1 fully saturated rings.